The average molecular weight is 328 g/mol. The highest BCUT2D eigenvalue weighted by molar-refractivity contribution is 5.98. The molecule has 6 heteroatoms. The van der Waals surface area contributed by atoms with Crippen molar-refractivity contribution in [2.45, 2.75) is 27.7 Å². The zero-order valence-electron chi connectivity index (χ0n) is 14.7. The molecular formula is C18H24N4O2. The fraction of sp³-hybridized carbons (Fsp3) is 0.389. The summed E-state index contributed by atoms with van der Waals surface area (Å²) in [6.45, 7) is 9.50. The van der Waals surface area contributed by atoms with E-state index in [0.717, 1.165) is 29.9 Å². The number of rotatable bonds is 7. The number of carbonyl (C=O) groups is 1. The van der Waals surface area contributed by atoms with Crippen LogP contribution in [-0.4, -0.2) is 35.7 Å². The molecule has 6 nitrogen and oxygen atoms in total. The van der Waals surface area contributed by atoms with Crippen LogP contribution in [0, 0.1) is 6.92 Å². The zero-order chi connectivity index (χ0) is 17.5. The lowest BCUT2D eigenvalue weighted by atomic mass is 10.1. The third-order valence-corrected chi connectivity index (χ3v) is 3.77. The Kier molecular flexibility index (Phi) is 6.12. The molecule has 1 N–H and O–H groups in total. The Labute approximate surface area is 142 Å². The minimum Gasteiger partial charge on any atom is -0.462 e. The topological polar surface area (TPSA) is 70.0 Å². The molecule has 0 aliphatic carbocycles. The fourth-order valence-corrected chi connectivity index (χ4v) is 2.46. The Morgan fingerprint density at radius 2 is 1.83 bits per heavy atom. The Bertz CT molecular complexity index is 703. The lowest BCUT2D eigenvalue weighted by molar-refractivity contribution is 0.0526. The third kappa shape index (κ3) is 3.82. The molecular weight excluding hydrogens is 304 g/mol. The normalized spacial score (nSPS) is 11.0. The third-order valence-electron chi connectivity index (χ3n) is 3.77. The van der Waals surface area contributed by atoms with Crippen molar-refractivity contribution in [2.24, 2.45) is 10.3 Å². The van der Waals surface area contributed by atoms with Crippen molar-refractivity contribution >= 4 is 11.8 Å². The van der Waals surface area contributed by atoms with Crippen molar-refractivity contribution in [2.75, 3.05) is 19.7 Å². The summed E-state index contributed by atoms with van der Waals surface area (Å²) in [6.07, 6.45) is 0. The Morgan fingerprint density at radius 1 is 1.17 bits per heavy atom. The van der Waals surface area contributed by atoms with E-state index in [2.05, 4.69) is 15.3 Å². The van der Waals surface area contributed by atoms with Gasteiger partial charge in [-0.25, -0.2) is 4.79 Å². The van der Waals surface area contributed by atoms with Crippen molar-refractivity contribution in [3.05, 3.63) is 41.5 Å². The first kappa shape index (κ1) is 17.7. The Morgan fingerprint density at radius 3 is 2.42 bits per heavy atom. The van der Waals surface area contributed by atoms with E-state index in [9.17, 15) is 4.79 Å². The maximum absolute atomic E-state index is 12.4. The first-order valence-electron chi connectivity index (χ1n) is 8.23. The molecule has 0 aliphatic rings. The molecule has 1 aromatic carbocycles. The van der Waals surface area contributed by atoms with Crippen LogP contribution in [0.25, 0.3) is 11.3 Å². The van der Waals surface area contributed by atoms with Gasteiger partial charge in [-0.1, -0.05) is 35.6 Å². The van der Waals surface area contributed by atoms with Gasteiger partial charge in [-0.3, -0.25) is 5.01 Å². The Balaban J connectivity index is 2.49. The maximum Gasteiger partial charge on any atom is 0.342 e. The van der Waals surface area contributed by atoms with Crippen molar-refractivity contribution in [1.29, 1.82) is 0 Å². The number of carbonyl (C=O) groups excluding carboxylic acids is 1. The van der Waals surface area contributed by atoms with Gasteiger partial charge in [0.1, 0.15) is 5.56 Å². The molecule has 2 rings (SSSR count). The highest BCUT2D eigenvalue weighted by atomic mass is 16.5. The summed E-state index contributed by atoms with van der Waals surface area (Å²) >= 11 is 0. The van der Waals surface area contributed by atoms with Crippen molar-refractivity contribution < 1.29 is 9.53 Å². The van der Waals surface area contributed by atoms with Gasteiger partial charge in [-0.05, 0) is 38.8 Å². The zero-order valence-corrected chi connectivity index (χ0v) is 14.7. The fourth-order valence-electron chi connectivity index (χ4n) is 2.46. The van der Waals surface area contributed by atoms with Gasteiger partial charge in [0.25, 0.3) is 0 Å². The highest BCUT2D eigenvalue weighted by Crippen LogP contribution is 2.33. The maximum atomic E-state index is 12.4. The van der Waals surface area contributed by atoms with Crippen LogP contribution >= 0.6 is 0 Å². The number of ether oxygens (including phenoxy) is 1. The number of nitrogens with one attached hydrogen (secondary N) is 1. The predicted molar refractivity (Wildman–Crippen MR) is 94.4 cm³/mol. The van der Waals surface area contributed by atoms with E-state index in [1.165, 1.54) is 0 Å². The lowest BCUT2D eigenvalue weighted by Crippen LogP contribution is -2.14. The molecule has 0 aliphatic heterocycles. The minimum absolute atomic E-state index is 0.316. The quantitative estimate of drug-likeness (QED) is 0.462. The van der Waals surface area contributed by atoms with Crippen molar-refractivity contribution in [3.63, 3.8) is 0 Å². The first-order valence-corrected chi connectivity index (χ1v) is 8.23. The standard InChI is InChI=1S/C18H24N4O2/c1-5-22(6-2)21-20-17-15(18(23)24-7-3)13(4)16(19-17)14-11-9-8-10-12-14/h8-12,19H,5-7H2,1-4H3/b21-20+. The van der Waals surface area contributed by atoms with Gasteiger partial charge in [0.15, 0.2) is 5.82 Å². The molecule has 0 fully saturated rings. The number of esters is 1. The first-order chi connectivity index (χ1) is 11.6. The molecule has 0 atom stereocenters. The number of hydrogen-bond donors (Lipinski definition) is 1. The molecule has 0 amide bonds. The molecule has 1 heterocycles. The van der Waals surface area contributed by atoms with Gasteiger partial charge in [-0.2, -0.15) is 0 Å². The summed E-state index contributed by atoms with van der Waals surface area (Å²) < 4.78 is 5.18. The van der Waals surface area contributed by atoms with Crippen LogP contribution in [0.15, 0.2) is 40.7 Å². The van der Waals surface area contributed by atoms with Crippen LogP contribution in [0.2, 0.25) is 0 Å². The number of benzene rings is 1. The second kappa shape index (κ2) is 8.29. The molecule has 128 valence electrons. The number of H-pyrrole nitrogens is 1. The van der Waals surface area contributed by atoms with Gasteiger partial charge in [0.2, 0.25) is 0 Å². The van der Waals surface area contributed by atoms with E-state index in [-0.39, 0.29) is 5.97 Å². The highest BCUT2D eigenvalue weighted by Gasteiger charge is 2.22. The molecule has 0 spiro atoms. The van der Waals surface area contributed by atoms with Crippen LogP contribution < -0.4 is 0 Å². The number of aromatic amines is 1. The lowest BCUT2D eigenvalue weighted by Gasteiger charge is -2.11. The van der Waals surface area contributed by atoms with Gasteiger partial charge in [0, 0.05) is 13.1 Å². The van der Waals surface area contributed by atoms with E-state index in [0.29, 0.717) is 18.0 Å². The Hall–Kier alpha value is -2.63. The average Bonchev–Trinajstić information content (AvgIpc) is 2.93. The largest absolute Gasteiger partial charge is 0.462 e. The van der Waals surface area contributed by atoms with Gasteiger partial charge in [-0.15, -0.1) is 5.11 Å². The van der Waals surface area contributed by atoms with Crippen molar-refractivity contribution in [1.82, 2.24) is 9.99 Å². The second-order valence-corrected chi connectivity index (χ2v) is 5.26. The number of nitrogens with zero attached hydrogens (tertiary/aromatic N) is 3. The SMILES string of the molecule is CCOC(=O)c1c(/N=N/N(CC)CC)[nH]c(-c2ccccc2)c1C. The summed E-state index contributed by atoms with van der Waals surface area (Å²) in [5, 5.41) is 10.3. The number of aromatic nitrogens is 1. The van der Waals surface area contributed by atoms with E-state index >= 15 is 0 Å². The molecule has 0 radical (unpaired) electrons. The second-order valence-electron chi connectivity index (χ2n) is 5.26. The molecule has 2 aromatic rings. The molecule has 24 heavy (non-hydrogen) atoms. The van der Waals surface area contributed by atoms with Gasteiger partial charge >= 0.3 is 5.97 Å². The van der Waals surface area contributed by atoms with E-state index < -0.39 is 0 Å². The number of hydrogen-bond acceptors (Lipinski definition) is 4. The summed E-state index contributed by atoms with van der Waals surface area (Å²) in [6, 6.07) is 9.83. The minimum atomic E-state index is -0.387. The van der Waals surface area contributed by atoms with Crippen molar-refractivity contribution in [3.8, 4) is 11.3 Å². The predicted octanol–water partition coefficient (Wildman–Crippen LogP) is 4.51. The summed E-state index contributed by atoms with van der Waals surface area (Å²) in [7, 11) is 0. The van der Waals surface area contributed by atoms with Crippen LogP contribution in [0.3, 0.4) is 0 Å². The molecule has 1 aromatic heterocycles. The molecule has 0 unspecified atom stereocenters. The van der Waals surface area contributed by atoms with Gasteiger partial charge < -0.3 is 9.72 Å². The summed E-state index contributed by atoms with van der Waals surface area (Å²) in [5.41, 5.74) is 3.09. The monoisotopic (exact) mass is 328 g/mol. The van der Waals surface area contributed by atoms with E-state index in [1.54, 1.807) is 6.92 Å². The molecule has 0 bridgehead atoms. The summed E-state index contributed by atoms with van der Waals surface area (Å²) in [4.78, 5) is 15.6. The van der Waals surface area contributed by atoms with E-state index in [4.69, 9.17) is 4.74 Å². The van der Waals surface area contributed by atoms with Crippen LogP contribution in [0.5, 0.6) is 0 Å². The summed E-state index contributed by atoms with van der Waals surface area (Å²) in [5.74, 6) is 0.0404. The molecule has 0 saturated carbocycles. The van der Waals surface area contributed by atoms with Gasteiger partial charge in [0.05, 0.1) is 12.3 Å². The van der Waals surface area contributed by atoms with Crippen LogP contribution in [0.1, 0.15) is 36.7 Å². The van der Waals surface area contributed by atoms with Crippen LogP contribution in [-0.2, 0) is 4.74 Å². The molecule has 0 saturated heterocycles. The smallest absolute Gasteiger partial charge is 0.342 e. The van der Waals surface area contributed by atoms with Crippen LogP contribution in [0.4, 0.5) is 5.82 Å². The van der Waals surface area contributed by atoms with E-state index in [1.807, 2.05) is 56.1 Å².